The average Bonchev–Trinajstić information content (AvgIpc) is 3.18. The maximum absolute atomic E-state index is 14.2. The van der Waals surface area contributed by atoms with E-state index in [2.05, 4.69) is 9.88 Å². The fourth-order valence-corrected chi connectivity index (χ4v) is 5.43. The fraction of sp³-hybridized carbons (Fsp3) is 0.333. The summed E-state index contributed by atoms with van der Waals surface area (Å²) in [6.07, 6.45) is 1.03. The van der Waals surface area contributed by atoms with Gasteiger partial charge in [0, 0.05) is 38.5 Å². The van der Waals surface area contributed by atoms with Crippen molar-refractivity contribution in [1.82, 2.24) is 9.88 Å². The van der Waals surface area contributed by atoms with Gasteiger partial charge in [-0.25, -0.2) is 22.2 Å². The summed E-state index contributed by atoms with van der Waals surface area (Å²) in [6.45, 7) is 3.24. The van der Waals surface area contributed by atoms with Crippen LogP contribution in [0, 0.1) is 11.6 Å². The van der Waals surface area contributed by atoms with E-state index >= 15 is 0 Å². The monoisotopic (exact) mass is 481 g/mol. The molecule has 1 fully saturated rings. The molecule has 4 rings (SSSR count). The second-order valence-electron chi connectivity index (χ2n) is 7.41. The number of nitrogens with zero attached hydrogens (tertiary/aromatic N) is 3. The molecular weight excluding hydrogens is 460 g/mol. The molecule has 0 bridgehead atoms. The average molecular weight is 482 g/mol. The van der Waals surface area contributed by atoms with Crippen LogP contribution in [0.4, 0.5) is 13.9 Å². The molecule has 1 amide bonds. The minimum Gasteiger partial charge on any atom is -0.379 e. The van der Waals surface area contributed by atoms with Gasteiger partial charge < -0.3 is 4.74 Å². The smallest absolute Gasteiger partial charge is 0.261 e. The van der Waals surface area contributed by atoms with Crippen LogP contribution in [0.1, 0.15) is 10.4 Å². The summed E-state index contributed by atoms with van der Waals surface area (Å²) < 4.78 is 58.0. The number of hydrogen-bond acceptors (Lipinski definition) is 7. The molecule has 1 aliphatic rings. The highest BCUT2D eigenvalue weighted by Gasteiger charge is 2.27. The van der Waals surface area contributed by atoms with E-state index in [0.29, 0.717) is 32.8 Å². The van der Waals surface area contributed by atoms with Crippen LogP contribution >= 0.6 is 11.3 Å². The van der Waals surface area contributed by atoms with Crippen molar-refractivity contribution >= 4 is 42.4 Å². The molecule has 1 saturated heterocycles. The van der Waals surface area contributed by atoms with Crippen LogP contribution < -0.4 is 4.90 Å². The molecule has 11 heteroatoms. The SMILES string of the molecule is CS(=O)(=O)c1ccccc1C(=O)N(CCN1CCOCC1)c1nc2c(F)cc(F)cc2s1. The van der Waals surface area contributed by atoms with E-state index in [1.165, 1.54) is 17.0 Å². The number of carbonyl (C=O) groups is 1. The Hall–Kier alpha value is -2.47. The third kappa shape index (κ3) is 4.80. The van der Waals surface area contributed by atoms with Crippen molar-refractivity contribution in [1.29, 1.82) is 0 Å². The van der Waals surface area contributed by atoms with E-state index in [1.807, 2.05) is 0 Å². The van der Waals surface area contributed by atoms with Gasteiger partial charge in [0.05, 0.1) is 28.4 Å². The quantitative estimate of drug-likeness (QED) is 0.539. The van der Waals surface area contributed by atoms with Gasteiger partial charge in [0.15, 0.2) is 20.8 Å². The number of ether oxygens (including phenoxy) is 1. The molecule has 0 spiro atoms. The van der Waals surface area contributed by atoms with Crippen LogP contribution in [-0.4, -0.2) is 69.9 Å². The number of aromatic nitrogens is 1. The van der Waals surface area contributed by atoms with E-state index in [1.54, 1.807) is 12.1 Å². The van der Waals surface area contributed by atoms with Gasteiger partial charge in [0.25, 0.3) is 5.91 Å². The summed E-state index contributed by atoms with van der Waals surface area (Å²) in [5.74, 6) is -2.13. The van der Waals surface area contributed by atoms with Crippen LogP contribution in [0.3, 0.4) is 0 Å². The summed E-state index contributed by atoms with van der Waals surface area (Å²) in [4.78, 5) is 21.1. The number of anilines is 1. The van der Waals surface area contributed by atoms with Crippen molar-refractivity contribution in [3.63, 3.8) is 0 Å². The van der Waals surface area contributed by atoms with Crippen LogP contribution in [0.5, 0.6) is 0 Å². The Morgan fingerprint density at radius 3 is 2.66 bits per heavy atom. The third-order valence-electron chi connectivity index (χ3n) is 5.14. The fourth-order valence-electron chi connectivity index (χ4n) is 3.52. The van der Waals surface area contributed by atoms with Gasteiger partial charge in [-0.05, 0) is 18.2 Å². The number of amides is 1. The van der Waals surface area contributed by atoms with E-state index < -0.39 is 27.4 Å². The molecule has 7 nitrogen and oxygen atoms in total. The molecule has 3 aromatic rings. The van der Waals surface area contributed by atoms with Crippen molar-refractivity contribution in [2.24, 2.45) is 0 Å². The lowest BCUT2D eigenvalue weighted by molar-refractivity contribution is 0.0391. The number of sulfone groups is 1. The number of benzene rings is 2. The second-order valence-corrected chi connectivity index (χ2v) is 10.4. The first-order valence-corrected chi connectivity index (χ1v) is 12.6. The molecule has 2 aromatic carbocycles. The summed E-state index contributed by atoms with van der Waals surface area (Å²) in [7, 11) is -3.67. The van der Waals surface area contributed by atoms with Crippen molar-refractivity contribution in [2.45, 2.75) is 4.90 Å². The highest BCUT2D eigenvalue weighted by atomic mass is 32.2. The topological polar surface area (TPSA) is 79.8 Å². The minimum absolute atomic E-state index is 0.00267. The maximum Gasteiger partial charge on any atom is 0.261 e. The molecular formula is C21H21F2N3O4S2. The van der Waals surface area contributed by atoms with Crippen LogP contribution in [0.2, 0.25) is 0 Å². The summed E-state index contributed by atoms with van der Waals surface area (Å²) in [5, 5.41) is 0.172. The Balaban J connectivity index is 1.74. The first-order chi connectivity index (χ1) is 15.2. The van der Waals surface area contributed by atoms with Crippen molar-refractivity contribution in [3.05, 3.63) is 53.6 Å². The lowest BCUT2D eigenvalue weighted by Gasteiger charge is -2.29. The summed E-state index contributed by atoms with van der Waals surface area (Å²) >= 11 is 0.978. The Labute approximate surface area is 188 Å². The number of carbonyl (C=O) groups excluding carboxylic acids is 1. The predicted molar refractivity (Wildman–Crippen MR) is 118 cm³/mol. The Kier molecular flexibility index (Phi) is 6.52. The highest BCUT2D eigenvalue weighted by molar-refractivity contribution is 7.90. The number of thiazole rings is 1. The van der Waals surface area contributed by atoms with Crippen LogP contribution in [0.15, 0.2) is 41.3 Å². The molecule has 0 aliphatic carbocycles. The van der Waals surface area contributed by atoms with Crippen molar-refractivity contribution in [3.8, 4) is 0 Å². The maximum atomic E-state index is 14.2. The normalized spacial score (nSPS) is 15.2. The zero-order valence-corrected chi connectivity index (χ0v) is 18.9. The van der Waals surface area contributed by atoms with Gasteiger partial charge in [-0.15, -0.1) is 0 Å². The molecule has 170 valence electrons. The Morgan fingerprint density at radius 1 is 1.22 bits per heavy atom. The van der Waals surface area contributed by atoms with Crippen molar-refractivity contribution < 1.29 is 26.7 Å². The third-order valence-corrected chi connectivity index (χ3v) is 7.32. The second kappa shape index (κ2) is 9.18. The molecule has 0 unspecified atom stereocenters. The van der Waals surface area contributed by atoms with E-state index in [0.717, 1.165) is 29.7 Å². The van der Waals surface area contributed by atoms with Crippen molar-refractivity contribution in [2.75, 3.05) is 50.5 Å². The van der Waals surface area contributed by atoms with Gasteiger partial charge in [0.1, 0.15) is 11.3 Å². The Morgan fingerprint density at radius 2 is 1.94 bits per heavy atom. The molecule has 1 aliphatic heterocycles. The predicted octanol–water partition coefficient (Wildman–Crippen LogP) is 2.96. The highest BCUT2D eigenvalue weighted by Crippen LogP contribution is 2.32. The molecule has 32 heavy (non-hydrogen) atoms. The zero-order valence-electron chi connectivity index (χ0n) is 17.3. The Bertz CT molecular complexity index is 1260. The van der Waals surface area contributed by atoms with Crippen LogP contribution in [-0.2, 0) is 14.6 Å². The first kappa shape index (κ1) is 22.7. The van der Waals surface area contributed by atoms with Gasteiger partial charge in [-0.3, -0.25) is 14.6 Å². The minimum atomic E-state index is -3.67. The van der Waals surface area contributed by atoms with Gasteiger partial charge in [-0.1, -0.05) is 23.5 Å². The number of halogens is 2. The van der Waals surface area contributed by atoms with Crippen LogP contribution in [0.25, 0.3) is 10.2 Å². The molecule has 0 N–H and O–H groups in total. The van der Waals surface area contributed by atoms with E-state index in [-0.39, 0.29) is 32.4 Å². The largest absolute Gasteiger partial charge is 0.379 e. The molecule has 0 saturated carbocycles. The number of fused-ring (bicyclic) bond motifs is 1. The number of morpholine rings is 1. The molecule has 1 aromatic heterocycles. The van der Waals surface area contributed by atoms with Gasteiger partial charge in [0.2, 0.25) is 0 Å². The summed E-state index contributed by atoms with van der Waals surface area (Å²) in [6, 6.07) is 7.83. The molecule has 0 radical (unpaired) electrons. The standard InChI is InChI=1S/C21H21F2N3O4S2/c1-32(28,29)18-5-3-2-4-15(18)20(27)26(7-6-25-8-10-30-11-9-25)21-24-19-16(23)12-14(22)13-17(19)31-21/h2-5,12-13H,6-11H2,1H3. The summed E-state index contributed by atoms with van der Waals surface area (Å²) in [5.41, 5.74) is -0.0325. The lowest BCUT2D eigenvalue weighted by atomic mass is 10.2. The molecule has 2 heterocycles. The number of rotatable bonds is 6. The van der Waals surface area contributed by atoms with E-state index in [9.17, 15) is 22.0 Å². The zero-order chi connectivity index (χ0) is 22.9. The lowest BCUT2D eigenvalue weighted by Crippen LogP contribution is -2.43. The number of hydrogen-bond donors (Lipinski definition) is 0. The molecule has 0 atom stereocenters. The van der Waals surface area contributed by atoms with Gasteiger partial charge >= 0.3 is 0 Å². The van der Waals surface area contributed by atoms with E-state index in [4.69, 9.17) is 4.74 Å². The van der Waals surface area contributed by atoms with Gasteiger partial charge in [-0.2, -0.15) is 0 Å². The first-order valence-electron chi connectivity index (χ1n) is 9.90.